The number of β-amino-alcohol motifs (C(OH)–C–C–N with tert-alkyl or cyclic N) is 1. The molecule has 0 aromatic rings. The first-order chi connectivity index (χ1) is 11.5. The van der Waals surface area contributed by atoms with Crippen LogP contribution in [-0.4, -0.2) is 68.1 Å². The summed E-state index contributed by atoms with van der Waals surface area (Å²) in [6.45, 7) is 5.02. The third kappa shape index (κ3) is 3.37. The van der Waals surface area contributed by atoms with E-state index in [0.717, 1.165) is 0 Å². The van der Waals surface area contributed by atoms with Crippen LogP contribution in [0.1, 0.15) is 52.9 Å². The normalized spacial score (nSPS) is 31.8. The monoisotopic (exact) mass is 357 g/mol. The largest absolute Gasteiger partial charge is 0.479 e. The van der Waals surface area contributed by atoms with E-state index in [1.54, 1.807) is 20.8 Å². The molecule has 4 N–H and O–H groups in total. The summed E-state index contributed by atoms with van der Waals surface area (Å²) in [5.41, 5.74) is -3.29. The van der Waals surface area contributed by atoms with Crippen LogP contribution in [0.5, 0.6) is 0 Å². The third-order valence-corrected chi connectivity index (χ3v) is 5.49. The summed E-state index contributed by atoms with van der Waals surface area (Å²) in [5.74, 6) is -1.14. The molecule has 9 heteroatoms. The average molecular weight is 357 g/mol. The zero-order valence-corrected chi connectivity index (χ0v) is 15.1. The predicted octanol–water partition coefficient (Wildman–Crippen LogP) is 0.845. The number of nitrogens with zero attached hydrogens (tertiary/aromatic N) is 1. The highest BCUT2D eigenvalue weighted by Gasteiger charge is 2.71. The molecule has 1 unspecified atom stereocenters. The quantitative estimate of drug-likeness (QED) is 0.537. The highest BCUT2D eigenvalue weighted by molar-refractivity contribution is 6.40. The number of rotatable bonds is 5. The van der Waals surface area contributed by atoms with Gasteiger partial charge in [0.25, 0.3) is 0 Å². The van der Waals surface area contributed by atoms with Gasteiger partial charge in [0.2, 0.25) is 0 Å². The van der Waals surface area contributed by atoms with Crippen LogP contribution in [0.3, 0.4) is 0 Å². The van der Waals surface area contributed by atoms with Gasteiger partial charge in [0.05, 0.1) is 12.6 Å². The van der Waals surface area contributed by atoms with Crippen LogP contribution in [0.15, 0.2) is 0 Å². The second-order valence-electron chi connectivity index (χ2n) is 8.15. The van der Waals surface area contributed by atoms with E-state index < -0.39 is 41.8 Å². The first-order valence-electron chi connectivity index (χ1n) is 8.74. The van der Waals surface area contributed by atoms with Gasteiger partial charge in [-0.1, -0.05) is 6.42 Å². The van der Waals surface area contributed by atoms with Gasteiger partial charge in [0.1, 0.15) is 5.60 Å². The van der Waals surface area contributed by atoms with Crippen LogP contribution in [0.4, 0.5) is 4.79 Å². The smallest absolute Gasteiger partial charge is 0.451 e. The van der Waals surface area contributed by atoms with Crippen molar-refractivity contribution in [2.45, 2.75) is 76.4 Å². The lowest BCUT2D eigenvalue weighted by Crippen LogP contribution is -2.60. The van der Waals surface area contributed by atoms with E-state index in [-0.39, 0.29) is 19.3 Å². The Kier molecular flexibility index (Phi) is 5.42. The van der Waals surface area contributed by atoms with Crippen LogP contribution in [0, 0.1) is 5.41 Å². The van der Waals surface area contributed by atoms with Crippen LogP contribution in [0.25, 0.3) is 0 Å². The van der Waals surface area contributed by atoms with Gasteiger partial charge in [0.15, 0.2) is 5.54 Å². The van der Waals surface area contributed by atoms with Crippen molar-refractivity contribution in [3.63, 3.8) is 0 Å². The lowest BCUT2D eigenvalue weighted by atomic mass is 9.66. The SMILES string of the molecule is CC(C)(C)OC(=O)N1CC(O)[C@]2(CCCB(O)O)CCC[C@]12C(=O)O. The molecule has 0 spiro atoms. The molecule has 1 saturated heterocycles. The summed E-state index contributed by atoms with van der Waals surface area (Å²) in [4.78, 5) is 26.1. The van der Waals surface area contributed by atoms with Gasteiger partial charge in [-0.25, -0.2) is 9.59 Å². The van der Waals surface area contributed by atoms with E-state index in [0.29, 0.717) is 25.7 Å². The zero-order chi connectivity index (χ0) is 19.0. The van der Waals surface area contributed by atoms with Gasteiger partial charge in [-0.2, -0.15) is 0 Å². The Morgan fingerprint density at radius 1 is 1.28 bits per heavy atom. The Bertz CT molecular complexity index is 535. The molecular formula is C16H28BNO7. The summed E-state index contributed by atoms with van der Waals surface area (Å²) in [6.07, 6.45) is 0.320. The van der Waals surface area contributed by atoms with Crippen molar-refractivity contribution >= 4 is 19.2 Å². The maximum atomic E-state index is 12.6. The number of carboxylic acids is 1. The van der Waals surface area contributed by atoms with Gasteiger partial charge >= 0.3 is 19.2 Å². The molecule has 1 amide bonds. The fourth-order valence-corrected chi connectivity index (χ4v) is 4.55. The van der Waals surface area contributed by atoms with Crippen LogP contribution < -0.4 is 0 Å². The number of hydrogen-bond donors (Lipinski definition) is 4. The minimum atomic E-state index is -1.52. The summed E-state index contributed by atoms with van der Waals surface area (Å²) >= 11 is 0. The lowest BCUT2D eigenvalue weighted by Gasteiger charge is -2.42. The summed E-state index contributed by atoms with van der Waals surface area (Å²) < 4.78 is 5.37. The Hall–Kier alpha value is -1.32. The molecule has 2 fully saturated rings. The van der Waals surface area contributed by atoms with Gasteiger partial charge in [0, 0.05) is 5.41 Å². The maximum absolute atomic E-state index is 12.6. The Balaban J connectivity index is 2.35. The number of hydrogen-bond acceptors (Lipinski definition) is 6. The van der Waals surface area contributed by atoms with Crippen molar-refractivity contribution < 1.29 is 34.6 Å². The highest BCUT2D eigenvalue weighted by atomic mass is 16.6. The lowest BCUT2D eigenvalue weighted by molar-refractivity contribution is -0.156. The molecule has 1 saturated carbocycles. The average Bonchev–Trinajstić information content (AvgIpc) is 2.92. The standard InChI is InChI=1S/C16H28BNO7/c1-14(2,3)25-13(22)18-10-11(19)15(7-5-9-17(23)24)6-4-8-16(15,18)12(20)21/h11,19,23-24H,4-10H2,1-3H3,(H,20,21)/t11?,15-,16-/m1/s1. The maximum Gasteiger partial charge on any atom is 0.451 e. The van der Waals surface area contributed by atoms with Gasteiger partial charge in [-0.3, -0.25) is 4.90 Å². The number of ether oxygens (including phenoxy) is 1. The van der Waals surface area contributed by atoms with Crippen molar-refractivity contribution in [3.05, 3.63) is 0 Å². The minimum absolute atomic E-state index is 0.0939. The van der Waals surface area contributed by atoms with Crippen LogP contribution >= 0.6 is 0 Å². The number of carboxylic acid groups (broad SMARTS) is 1. The van der Waals surface area contributed by atoms with Crippen LogP contribution in [0.2, 0.25) is 6.32 Å². The molecule has 1 aliphatic heterocycles. The Morgan fingerprint density at radius 2 is 1.92 bits per heavy atom. The summed E-state index contributed by atoms with van der Waals surface area (Å²) in [5, 5.41) is 38.9. The number of fused-ring (bicyclic) bond motifs is 1. The molecule has 0 aromatic carbocycles. The molecule has 0 aromatic heterocycles. The van der Waals surface area contributed by atoms with E-state index in [9.17, 15) is 19.8 Å². The van der Waals surface area contributed by atoms with Crippen molar-refractivity contribution in [3.8, 4) is 0 Å². The summed E-state index contributed by atoms with van der Waals surface area (Å²) in [6, 6.07) is 0. The number of aliphatic carboxylic acids is 1. The molecule has 1 heterocycles. The fraction of sp³-hybridized carbons (Fsp3) is 0.875. The predicted molar refractivity (Wildman–Crippen MR) is 89.8 cm³/mol. The molecule has 2 aliphatic rings. The molecular weight excluding hydrogens is 329 g/mol. The van der Waals surface area contributed by atoms with E-state index in [2.05, 4.69) is 0 Å². The van der Waals surface area contributed by atoms with Crippen molar-refractivity contribution in [1.82, 2.24) is 4.90 Å². The second kappa shape index (κ2) is 6.77. The Labute approximate surface area is 147 Å². The zero-order valence-electron chi connectivity index (χ0n) is 15.1. The number of aliphatic hydroxyl groups excluding tert-OH is 1. The van der Waals surface area contributed by atoms with Gasteiger partial charge in [-0.15, -0.1) is 0 Å². The van der Waals surface area contributed by atoms with Crippen molar-refractivity contribution in [2.24, 2.45) is 5.41 Å². The third-order valence-electron chi connectivity index (χ3n) is 5.49. The first kappa shape index (κ1) is 20.0. The van der Waals surface area contributed by atoms with E-state index in [1.165, 1.54) is 4.90 Å². The van der Waals surface area contributed by atoms with Gasteiger partial charge in [-0.05, 0) is 52.8 Å². The van der Waals surface area contributed by atoms with Gasteiger partial charge < -0.3 is 25.0 Å². The van der Waals surface area contributed by atoms with E-state index in [4.69, 9.17) is 14.8 Å². The van der Waals surface area contributed by atoms with Crippen molar-refractivity contribution in [1.29, 1.82) is 0 Å². The topological polar surface area (TPSA) is 128 Å². The number of amides is 1. The molecule has 0 bridgehead atoms. The molecule has 142 valence electrons. The second-order valence-corrected chi connectivity index (χ2v) is 8.15. The number of carbonyl (C=O) groups excluding carboxylic acids is 1. The molecule has 0 radical (unpaired) electrons. The van der Waals surface area contributed by atoms with E-state index in [1.807, 2.05) is 0 Å². The Morgan fingerprint density at radius 3 is 2.44 bits per heavy atom. The number of aliphatic hydroxyl groups is 1. The molecule has 1 aliphatic carbocycles. The highest BCUT2D eigenvalue weighted by Crippen LogP contribution is 2.59. The first-order valence-corrected chi connectivity index (χ1v) is 8.74. The minimum Gasteiger partial charge on any atom is -0.479 e. The molecule has 2 rings (SSSR count). The molecule has 8 nitrogen and oxygen atoms in total. The molecule has 25 heavy (non-hydrogen) atoms. The van der Waals surface area contributed by atoms with Crippen molar-refractivity contribution in [2.75, 3.05) is 6.54 Å². The fourth-order valence-electron chi connectivity index (χ4n) is 4.55. The molecule has 3 atom stereocenters. The van der Waals surface area contributed by atoms with E-state index >= 15 is 0 Å². The van der Waals surface area contributed by atoms with Crippen LogP contribution in [-0.2, 0) is 9.53 Å². The number of likely N-dealkylation sites (tertiary alicyclic amines) is 1. The number of carbonyl (C=O) groups is 2. The summed E-state index contributed by atoms with van der Waals surface area (Å²) in [7, 11) is -1.47.